The number of alkyl halides is 3. The van der Waals surface area contributed by atoms with E-state index in [-0.39, 0.29) is 29.6 Å². The first-order chi connectivity index (χ1) is 11.6. The molecule has 1 aromatic rings. The molecule has 25 heavy (non-hydrogen) atoms. The summed E-state index contributed by atoms with van der Waals surface area (Å²) in [7, 11) is 0. The van der Waals surface area contributed by atoms with Gasteiger partial charge in [-0.1, -0.05) is 25.4 Å². The molecule has 0 spiro atoms. The smallest absolute Gasteiger partial charge is 0.342 e. The predicted octanol–water partition coefficient (Wildman–Crippen LogP) is 4.19. The lowest BCUT2D eigenvalue weighted by molar-refractivity contribution is -0.137. The number of amides is 2. The van der Waals surface area contributed by atoms with Crippen LogP contribution in [0.3, 0.4) is 0 Å². The molecule has 4 nitrogen and oxygen atoms in total. The zero-order valence-electron chi connectivity index (χ0n) is 14.0. The maximum atomic E-state index is 12.8. The minimum Gasteiger partial charge on any atom is -0.342 e. The standard InChI is InChI=1S/C17H20ClF3N2O2/c1-10(2)5-6-23-9-11(7-15(23)24)16(25)22-14-8-12(17(19,20)21)3-4-13(14)18/h3-4,8,10-11H,5-7,9H2,1-2H3,(H,22,25). The van der Waals surface area contributed by atoms with Crippen LogP contribution in [0.25, 0.3) is 0 Å². The van der Waals surface area contributed by atoms with Crippen LogP contribution >= 0.6 is 11.6 Å². The van der Waals surface area contributed by atoms with Gasteiger partial charge in [-0.05, 0) is 30.5 Å². The monoisotopic (exact) mass is 376 g/mol. The van der Waals surface area contributed by atoms with E-state index in [1.54, 1.807) is 4.90 Å². The van der Waals surface area contributed by atoms with Crippen molar-refractivity contribution in [3.05, 3.63) is 28.8 Å². The molecule has 1 aliphatic heterocycles. The Hall–Kier alpha value is -1.76. The minimum atomic E-state index is -4.53. The van der Waals surface area contributed by atoms with E-state index in [4.69, 9.17) is 11.6 Å². The lowest BCUT2D eigenvalue weighted by Gasteiger charge is -2.18. The largest absolute Gasteiger partial charge is 0.416 e. The Balaban J connectivity index is 2.04. The fraction of sp³-hybridized carbons (Fsp3) is 0.529. The Morgan fingerprint density at radius 1 is 1.40 bits per heavy atom. The molecule has 2 rings (SSSR count). The van der Waals surface area contributed by atoms with E-state index in [0.717, 1.165) is 24.6 Å². The molecule has 1 fully saturated rings. The van der Waals surface area contributed by atoms with Crippen molar-refractivity contribution >= 4 is 29.1 Å². The van der Waals surface area contributed by atoms with E-state index in [1.165, 1.54) is 0 Å². The Labute approximate surface area is 149 Å². The number of nitrogens with zero attached hydrogens (tertiary/aromatic N) is 1. The maximum Gasteiger partial charge on any atom is 0.416 e. The molecular formula is C17H20ClF3N2O2. The van der Waals surface area contributed by atoms with Gasteiger partial charge in [0.2, 0.25) is 11.8 Å². The van der Waals surface area contributed by atoms with Crippen LogP contribution < -0.4 is 5.32 Å². The summed E-state index contributed by atoms with van der Waals surface area (Å²) in [6, 6.07) is 2.74. The summed E-state index contributed by atoms with van der Waals surface area (Å²) in [6.45, 7) is 4.93. The normalized spacial score (nSPS) is 18.1. The number of anilines is 1. The van der Waals surface area contributed by atoms with Gasteiger partial charge in [-0.2, -0.15) is 13.2 Å². The van der Waals surface area contributed by atoms with E-state index in [0.29, 0.717) is 12.5 Å². The molecule has 1 N–H and O–H groups in total. The number of carbonyl (C=O) groups excluding carboxylic acids is 2. The number of hydrogen-bond donors (Lipinski definition) is 1. The highest BCUT2D eigenvalue weighted by atomic mass is 35.5. The predicted molar refractivity (Wildman–Crippen MR) is 89.2 cm³/mol. The molecule has 1 unspecified atom stereocenters. The van der Waals surface area contributed by atoms with Crippen molar-refractivity contribution in [1.82, 2.24) is 4.90 Å². The van der Waals surface area contributed by atoms with Crippen LogP contribution in [0.15, 0.2) is 18.2 Å². The van der Waals surface area contributed by atoms with Gasteiger partial charge in [-0.15, -0.1) is 0 Å². The number of carbonyl (C=O) groups is 2. The van der Waals surface area contributed by atoms with Crippen molar-refractivity contribution in [2.75, 3.05) is 18.4 Å². The van der Waals surface area contributed by atoms with Gasteiger partial charge >= 0.3 is 6.18 Å². The molecule has 1 saturated heterocycles. The molecule has 0 aliphatic carbocycles. The number of likely N-dealkylation sites (tertiary alicyclic amines) is 1. The van der Waals surface area contributed by atoms with Gasteiger partial charge in [-0.3, -0.25) is 9.59 Å². The minimum absolute atomic E-state index is 0.0161. The highest BCUT2D eigenvalue weighted by molar-refractivity contribution is 6.33. The quantitative estimate of drug-likeness (QED) is 0.837. The summed E-state index contributed by atoms with van der Waals surface area (Å²) in [4.78, 5) is 25.9. The summed E-state index contributed by atoms with van der Waals surface area (Å²) >= 11 is 5.88. The fourth-order valence-corrected chi connectivity index (χ4v) is 2.77. The van der Waals surface area contributed by atoms with Crippen LogP contribution in [0.5, 0.6) is 0 Å². The molecule has 8 heteroatoms. The summed E-state index contributed by atoms with van der Waals surface area (Å²) < 4.78 is 38.3. The summed E-state index contributed by atoms with van der Waals surface area (Å²) in [5.41, 5.74) is -0.997. The van der Waals surface area contributed by atoms with Gasteiger partial charge in [0.05, 0.1) is 22.2 Å². The third kappa shape index (κ3) is 5.11. The van der Waals surface area contributed by atoms with E-state index in [2.05, 4.69) is 5.32 Å². The Morgan fingerprint density at radius 2 is 2.08 bits per heavy atom. The lowest BCUT2D eigenvalue weighted by atomic mass is 10.1. The molecule has 138 valence electrons. The molecule has 2 amide bonds. The first-order valence-electron chi connectivity index (χ1n) is 8.03. The molecule has 0 aromatic heterocycles. The van der Waals surface area contributed by atoms with Crippen LogP contribution in [-0.2, 0) is 15.8 Å². The van der Waals surface area contributed by atoms with Crippen molar-refractivity contribution < 1.29 is 22.8 Å². The summed E-state index contributed by atoms with van der Waals surface area (Å²) in [6.07, 6.45) is -3.64. The molecule has 1 aromatic carbocycles. The lowest BCUT2D eigenvalue weighted by Crippen LogP contribution is -2.29. The Morgan fingerprint density at radius 3 is 2.68 bits per heavy atom. The first-order valence-corrected chi connectivity index (χ1v) is 8.41. The zero-order chi connectivity index (χ0) is 18.8. The number of hydrogen-bond acceptors (Lipinski definition) is 2. The van der Waals surface area contributed by atoms with Crippen LogP contribution in [0.4, 0.5) is 18.9 Å². The van der Waals surface area contributed by atoms with Crippen LogP contribution in [0.1, 0.15) is 32.3 Å². The van der Waals surface area contributed by atoms with Gasteiger partial charge in [0.25, 0.3) is 0 Å². The number of benzene rings is 1. The van der Waals surface area contributed by atoms with Gasteiger partial charge in [-0.25, -0.2) is 0 Å². The molecule has 1 atom stereocenters. The number of rotatable bonds is 5. The second-order valence-electron chi connectivity index (χ2n) is 6.60. The second-order valence-corrected chi connectivity index (χ2v) is 7.01. The third-order valence-corrected chi connectivity index (χ3v) is 4.44. The summed E-state index contributed by atoms with van der Waals surface area (Å²) in [5.74, 6) is -0.771. The van der Waals surface area contributed by atoms with Crippen molar-refractivity contribution in [3.63, 3.8) is 0 Å². The topological polar surface area (TPSA) is 49.4 Å². The fourth-order valence-electron chi connectivity index (χ4n) is 2.61. The zero-order valence-corrected chi connectivity index (χ0v) is 14.7. The molecule has 1 aliphatic rings. The van der Waals surface area contributed by atoms with Gasteiger partial charge in [0.15, 0.2) is 0 Å². The van der Waals surface area contributed by atoms with Crippen molar-refractivity contribution in [2.24, 2.45) is 11.8 Å². The van der Waals surface area contributed by atoms with E-state index < -0.39 is 23.6 Å². The van der Waals surface area contributed by atoms with Crippen molar-refractivity contribution in [3.8, 4) is 0 Å². The number of nitrogens with one attached hydrogen (secondary N) is 1. The van der Waals surface area contributed by atoms with Crippen molar-refractivity contribution in [2.45, 2.75) is 32.9 Å². The second kappa shape index (κ2) is 7.64. The highest BCUT2D eigenvalue weighted by Crippen LogP contribution is 2.34. The van der Waals surface area contributed by atoms with Gasteiger partial charge in [0.1, 0.15) is 0 Å². The summed E-state index contributed by atoms with van der Waals surface area (Å²) in [5, 5.41) is 2.44. The Kier molecular flexibility index (Phi) is 5.98. The first kappa shape index (κ1) is 19.6. The molecule has 0 radical (unpaired) electrons. The number of halogens is 4. The van der Waals surface area contributed by atoms with E-state index in [1.807, 2.05) is 13.8 Å². The molecule has 0 bridgehead atoms. The van der Waals surface area contributed by atoms with Crippen LogP contribution in [0.2, 0.25) is 5.02 Å². The maximum absolute atomic E-state index is 12.8. The SMILES string of the molecule is CC(C)CCN1CC(C(=O)Nc2cc(C(F)(F)F)ccc2Cl)CC1=O. The van der Waals surface area contributed by atoms with Gasteiger partial charge in [0, 0.05) is 19.5 Å². The van der Waals surface area contributed by atoms with Crippen LogP contribution in [-0.4, -0.2) is 29.8 Å². The molecular weight excluding hydrogens is 357 g/mol. The van der Waals surface area contributed by atoms with E-state index >= 15 is 0 Å². The third-order valence-electron chi connectivity index (χ3n) is 4.11. The Bertz CT molecular complexity index is 662. The average Bonchev–Trinajstić information content (AvgIpc) is 2.87. The molecule has 0 saturated carbocycles. The van der Waals surface area contributed by atoms with Gasteiger partial charge < -0.3 is 10.2 Å². The van der Waals surface area contributed by atoms with Crippen molar-refractivity contribution in [1.29, 1.82) is 0 Å². The van der Waals surface area contributed by atoms with Crippen LogP contribution in [0, 0.1) is 11.8 Å². The molecule has 1 heterocycles. The highest BCUT2D eigenvalue weighted by Gasteiger charge is 2.35. The van der Waals surface area contributed by atoms with E-state index in [9.17, 15) is 22.8 Å². The average molecular weight is 377 g/mol.